The number of anilines is 1. The van der Waals surface area contributed by atoms with Crippen LogP contribution in [0.15, 0.2) is 18.8 Å². The molecule has 2 aliphatic carbocycles. The first kappa shape index (κ1) is 20.0. The van der Waals surface area contributed by atoms with E-state index in [2.05, 4.69) is 28.5 Å². The first-order valence-electron chi connectivity index (χ1n) is 8.33. The van der Waals surface area contributed by atoms with Crippen molar-refractivity contribution in [2.45, 2.75) is 63.5 Å². The van der Waals surface area contributed by atoms with Crippen molar-refractivity contribution in [1.82, 2.24) is 9.97 Å². The lowest BCUT2D eigenvalue weighted by Gasteiger charge is -2.33. The molecular formula is C17H30N3O2P. The molecule has 0 bridgehead atoms. The van der Waals surface area contributed by atoms with E-state index in [0.717, 1.165) is 31.5 Å². The second-order valence-electron chi connectivity index (χ2n) is 5.96. The highest BCUT2D eigenvalue weighted by Crippen LogP contribution is 2.25. The minimum Gasteiger partial charge on any atom is -0.393 e. The molecule has 0 amide bonds. The van der Waals surface area contributed by atoms with E-state index in [1.807, 2.05) is 6.07 Å². The maximum atomic E-state index is 9.50. The number of hydrogen-bond acceptors (Lipinski definition) is 5. The minimum absolute atomic E-state index is 0.117. The Kier molecular flexibility index (Phi) is 10.0. The molecule has 3 rings (SSSR count). The lowest BCUT2D eigenvalue weighted by atomic mass is 9.92. The maximum absolute atomic E-state index is 9.50. The van der Waals surface area contributed by atoms with E-state index in [-0.39, 0.29) is 6.10 Å². The summed E-state index contributed by atoms with van der Waals surface area (Å²) >= 11 is 0. The zero-order valence-electron chi connectivity index (χ0n) is 14.1. The van der Waals surface area contributed by atoms with Gasteiger partial charge < -0.3 is 14.9 Å². The third kappa shape index (κ3) is 6.94. The monoisotopic (exact) mass is 339 g/mol. The number of aliphatic hydroxyl groups excluding tert-OH is 1. The van der Waals surface area contributed by atoms with Crippen molar-refractivity contribution >= 4 is 21.4 Å². The molecule has 0 spiro atoms. The van der Waals surface area contributed by atoms with E-state index in [0.29, 0.717) is 11.9 Å². The van der Waals surface area contributed by atoms with E-state index >= 15 is 0 Å². The Balaban J connectivity index is 0.000000375. The lowest BCUT2D eigenvalue weighted by molar-refractivity contribution is 0.122. The zero-order chi connectivity index (χ0) is 17.1. The van der Waals surface area contributed by atoms with E-state index < -0.39 is 0 Å². The minimum atomic E-state index is -0.117. The summed E-state index contributed by atoms with van der Waals surface area (Å²) in [6.07, 6.45) is 13.1. The summed E-state index contributed by atoms with van der Waals surface area (Å²) in [5, 5.41) is 9.50. The van der Waals surface area contributed by atoms with Crippen LogP contribution in [0.3, 0.4) is 0 Å². The Morgan fingerprint density at radius 3 is 2.22 bits per heavy atom. The first-order valence-corrected chi connectivity index (χ1v) is 8.84. The summed E-state index contributed by atoms with van der Waals surface area (Å²) < 4.78 is 0. The van der Waals surface area contributed by atoms with E-state index in [1.54, 1.807) is 12.3 Å². The molecule has 130 valence electrons. The fraction of sp³-hybridized carbons (Fsp3) is 0.647. The quantitative estimate of drug-likeness (QED) is 0.828. The first-order chi connectivity index (χ1) is 11.2. The van der Waals surface area contributed by atoms with Gasteiger partial charge in [0.25, 0.3) is 0 Å². The van der Waals surface area contributed by atoms with Gasteiger partial charge in [0, 0.05) is 19.3 Å². The van der Waals surface area contributed by atoms with Crippen LogP contribution in [0.1, 0.15) is 57.2 Å². The molecule has 5 nitrogen and oxygen atoms in total. The van der Waals surface area contributed by atoms with Crippen LogP contribution in [0.5, 0.6) is 0 Å². The fourth-order valence-electron chi connectivity index (χ4n) is 2.54. The average Bonchev–Trinajstić information content (AvgIpc) is 2.55. The highest BCUT2D eigenvalue weighted by molar-refractivity contribution is 7.08. The van der Waals surface area contributed by atoms with Gasteiger partial charge in [-0.2, -0.15) is 0 Å². The second kappa shape index (κ2) is 11.5. The van der Waals surface area contributed by atoms with Gasteiger partial charge in [-0.25, -0.2) is 9.97 Å². The Morgan fingerprint density at radius 1 is 1.17 bits per heavy atom. The topological polar surface area (TPSA) is 69.5 Å². The van der Waals surface area contributed by atoms with Gasteiger partial charge in [0.2, 0.25) is 0 Å². The van der Waals surface area contributed by atoms with Crippen molar-refractivity contribution < 1.29 is 10.00 Å². The predicted octanol–water partition coefficient (Wildman–Crippen LogP) is 3.19. The van der Waals surface area contributed by atoms with Crippen LogP contribution in [-0.4, -0.2) is 39.2 Å². The Hall–Kier alpha value is -1.03. The van der Waals surface area contributed by atoms with Crippen LogP contribution in [0.25, 0.3) is 6.08 Å². The summed E-state index contributed by atoms with van der Waals surface area (Å²) in [5.74, 6) is 1.58. The fourth-order valence-corrected chi connectivity index (χ4v) is 2.54. The number of hydrogen-bond donors (Lipinski definition) is 2. The molecular weight excluding hydrogens is 309 g/mol. The smallest absolute Gasteiger partial charge is 0.153 e. The number of aromatic nitrogens is 2. The SMILES string of the molecule is C1CCC1.C=Cc1nccc(N(C)C2CCC(O)CC2)n1.OP. The van der Waals surface area contributed by atoms with Crippen LogP contribution in [0, 0.1) is 0 Å². The van der Waals surface area contributed by atoms with Crippen LogP contribution in [0.4, 0.5) is 5.82 Å². The predicted molar refractivity (Wildman–Crippen MR) is 99.2 cm³/mol. The molecule has 0 radical (unpaired) electrons. The molecule has 6 heteroatoms. The van der Waals surface area contributed by atoms with E-state index in [9.17, 15) is 5.11 Å². The van der Waals surface area contributed by atoms with Gasteiger partial charge in [-0.15, -0.1) is 0 Å². The third-order valence-corrected chi connectivity index (χ3v) is 4.42. The van der Waals surface area contributed by atoms with Gasteiger partial charge >= 0.3 is 0 Å². The molecule has 1 unspecified atom stereocenters. The van der Waals surface area contributed by atoms with Crippen molar-refractivity contribution in [1.29, 1.82) is 0 Å². The van der Waals surface area contributed by atoms with Crippen molar-refractivity contribution in [3.63, 3.8) is 0 Å². The van der Waals surface area contributed by atoms with Gasteiger partial charge in [0.05, 0.1) is 6.10 Å². The number of rotatable bonds is 3. The summed E-state index contributed by atoms with van der Waals surface area (Å²) in [6.45, 7) is 3.68. The number of nitrogens with zero attached hydrogens (tertiary/aromatic N) is 3. The van der Waals surface area contributed by atoms with Crippen LogP contribution >= 0.6 is 9.47 Å². The number of aliphatic hydroxyl groups is 1. The standard InChI is InChI=1S/C13H19N3O.C4H8.H3OP/c1-3-12-14-9-8-13(15-12)16(2)10-4-6-11(17)7-5-10;1-2-4-3-1;1-2/h3,8-11,17H,1,4-7H2,2H3;1-4H2;1H,2H2. The largest absolute Gasteiger partial charge is 0.393 e. The van der Waals surface area contributed by atoms with E-state index in [1.165, 1.54) is 35.2 Å². The van der Waals surface area contributed by atoms with Gasteiger partial charge in [0.15, 0.2) is 5.82 Å². The zero-order valence-corrected chi connectivity index (χ0v) is 15.2. The van der Waals surface area contributed by atoms with Crippen molar-refractivity contribution in [3.05, 3.63) is 24.7 Å². The van der Waals surface area contributed by atoms with Crippen molar-refractivity contribution in [3.8, 4) is 0 Å². The van der Waals surface area contributed by atoms with Gasteiger partial charge in [-0.3, -0.25) is 0 Å². The Bertz CT molecular complexity index is 443. The molecule has 0 saturated heterocycles. The average molecular weight is 339 g/mol. The molecule has 1 heterocycles. The third-order valence-electron chi connectivity index (χ3n) is 4.42. The molecule has 2 fully saturated rings. The Labute approximate surface area is 142 Å². The molecule has 2 aliphatic rings. The maximum Gasteiger partial charge on any atom is 0.153 e. The molecule has 1 aromatic heterocycles. The summed E-state index contributed by atoms with van der Waals surface area (Å²) in [6, 6.07) is 2.38. The lowest BCUT2D eigenvalue weighted by Crippen LogP contribution is -2.36. The van der Waals surface area contributed by atoms with E-state index in [4.69, 9.17) is 4.89 Å². The summed E-state index contributed by atoms with van der Waals surface area (Å²) in [5.41, 5.74) is 0. The normalized spacial score (nSPS) is 22.4. The molecule has 1 atom stereocenters. The van der Waals surface area contributed by atoms with Gasteiger partial charge in [-0.1, -0.05) is 32.3 Å². The van der Waals surface area contributed by atoms with Crippen LogP contribution in [-0.2, 0) is 0 Å². The van der Waals surface area contributed by atoms with Crippen LogP contribution < -0.4 is 4.90 Å². The Morgan fingerprint density at radius 2 is 1.74 bits per heavy atom. The molecule has 0 aromatic carbocycles. The highest BCUT2D eigenvalue weighted by Gasteiger charge is 2.23. The molecule has 2 saturated carbocycles. The van der Waals surface area contributed by atoms with Crippen molar-refractivity contribution in [2.75, 3.05) is 11.9 Å². The summed E-state index contributed by atoms with van der Waals surface area (Å²) in [4.78, 5) is 17.6. The van der Waals surface area contributed by atoms with Gasteiger partial charge in [-0.05, 0) is 47.3 Å². The molecule has 0 aliphatic heterocycles. The van der Waals surface area contributed by atoms with Gasteiger partial charge in [0.1, 0.15) is 5.82 Å². The van der Waals surface area contributed by atoms with Crippen molar-refractivity contribution in [2.24, 2.45) is 0 Å². The molecule has 2 N–H and O–H groups in total. The second-order valence-corrected chi connectivity index (χ2v) is 5.96. The molecule has 23 heavy (non-hydrogen) atoms. The molecule has 1 aromatic rings. The summed E-state index contributed by atoms with van der Waals surface area (Å²) in [7, 11) is 3.47. The highest BCUT2D eigenvalue weighted by atomic mass is 31.0. The van der Waals surface area contributed by atoms with Crippen LogP contribution in [0.2, 0.25) is 0 Å².